The van der Waals surface area contributed by atoms with Crippen LogP contribution in [0, 0.1) is 13.8 Å². The molecule has 1 heterocycles. The van der Waals surface area contributed by atoms with E-state index in [0.717, 1.165) is 17.8 Å². The number of carbonyl (C=O) groups excluding carboxylic acids is 1. The molecule has 0 bridgehead atoms. The Morgan fingerprint density at radius 1 is 1.20 bits per heavy atom. The molecule has 0 spiro atoms. The number of anilines is 2. The van der Waals surface area contributed by atoms with Crippen molar-refractivity contribution >= 4 is 17.4 Å². The maximum atomic E-state index is 12.1. The Bertz CT molecular complexity index is 625. The topological polar surface area (TPSA) is 66.9 Å². The third-order valence-corrected chi connectivity index (χ3v) is 2.99. The fraction of sp³-hybridized carbons (Fsp3) is 0.267. The monoisotopic (exact) mass is 270 g/mol. The lowest BCUT2D eigenvalue weighted by Crippen LogP contribution is -2.15. The third kappa shape index (κ3) is 3.32. The molecule has 2 N–H and O–H groups in total. The zero-order chi connectivity index (χ0) is 14.5. The summed E-state index contributed by atoms with van der Waals surface area (Å²) in [6.07, 6.45) is 3.05. The average Bonchev–Trinajstić information content (AvgIpc) is 2.43. The van der Waals surface area contributed by atoms with Gasteiger partial charge in [-0.1, -0.05) is 6.07 Å². The summed E-state index contributed by atoms with van der Waals surface area (Å²) >= 11 is 0. The van der Waals surface area contributed by atoms with Gasteiger partial charge in [-0.3, -0.25) is 9.78 Å². The quantitative estimate of drug-likeness (QED) is 0.896. The van der Waals surface area contributed by atoms with Crippen LogP contribution in [0.4, 0.5) is 11.5 Å². The first-order valence-corrected chi connectivity index (χ1v) is 6.54. The lowest BCUT2D eigenvalue weighted by molar-refractivity contribution is 0.102. The van der Waals surface area contributed by atoms with E-state index in [1.165, 1.54) is 11.8 Å². The highest BCUT2D eigenvalue weighted by atomic mass is 16.1. The highest BCUT2D eigenvalue weighted by Gasteiger charge is 2.09. The van der Waals surface area contributed by atoms with Crippen LogP contribution in [0.5, 0.6) is 0 Å². The highest BCUT2D eigenvalue weighted by Crippen LogP contribution is 2.15. The van der Waals surface area contributed by atoms with E-state index < -0.39 is 0 Å². The summed E-state index contributed by atoms with van der Waals surface area (Å²) < 4.78 is 0. The minimum absolute atomic E-state index is 0.263. The van der Waals surface area contributed by atoms with E-state index in [1.807, 2.05) is 39.0 Å². The standard InChI is InChI=1S/C15H18N4O/c1-4-17-14-9-16-8-13(19-14)15(20)18-12-6-5-10(2)11(3)7-12/h5-9H,4H2,1-3H3,(H,17,19)(H,18,20). The van der Waals surface area contributed by atoms with Crippen molar-refractivity contribution in [1.29, 1.82) is 0 Å². The smallest absolute Gasteiger partial charge is 0.275 e. The summed E-state index contributed by atoms with van der Waals surface area (Å²) in [4.78, 5) is 20.4. The highest BCUT2D eigenvalue weighted by molar-refractivity contribution is 6.02. The molecule has 0 aliphatic heterocycles. The molecule has 5 heteroatoms. The second-order valence-corrected chi connectivity index (χ2v) is 4.57. The predicted octanol–water partition coefficient (Wildman–Crippen LogP) is 2.78. The van der Waals surface area contributed by atoms with Crippen molar-refractivity contribution in [3.8, 4) is 0 Å². The number of benzene rings is 1. The van der Waals surface area contributed by atoms with Gasteiger partial charge in [-0.25, -0.2) is 4.98 Å². The molecule has 0 aliphatic carbocycles. The van der Waals surface area contributed by atoms with Gasteiger partial charge >= 0.3 is 0 Å². The minimum atomic E-state index is -0.263. The maximum absolute atomic E-state index is 12.1. The van der Waals surface area contributed by atoms with Crippen molar-refractivity contribution in [3.63, 3.8) is 0 Å². The van der Waals surface area contributed by atoms with E-state index >= 15 is 0 Å². The fourth-order valence-corrected chi connectivity index (χ4v) is 1.76. The Hall–Kier alpha value is -2.43. The fourth-order valence-electron chi connectivity index (χ4n) is 1.76. The number of nitrogens with one attached hydrogen (secondary N) is 2. The van der Waals surface area contributed by atoms with Crippen molar-refractivity contribution in [2.45, 2.75) is 20.8 Å². The first kappa shape index (κ1) is 14.0. The van der Waals surface area contributed by atoms with Crippen LogP contribution in [0.1, 0.15) is 28.5 Å². The van der Waals surface area contributed by atoms with Crippen LogP contribution in [0.2, 0.25) is 0 Å². The van der Waals surface area contributed by atoms with Crippen molar-refractivity contribution < 1.29 is 4.79 Å². The van der Waals surface area contributed by atoms with Crippen LogP contribution >= 0.6 is 0 Å². The predicted molar refractivity (Wildman–Crippen MR) is 80.1 cm³/mol. The van der Waals surface area contributed by atoms with Crippen LogP contribution in [-0.2, 0) is 0 Å². The summed E-state index contributed by atoms with van der Waals surface area (Å²) in [6.45, 7) is 6.74. The molecular formula is C15H18N4O. The molecule has 2 rings (SSSR count). The third-order valence-electron chi connectivity index (χ3n) is 2.99. The normalized spacial score (nSPS) is 10.2. The molecular weight excluding hydrogens is 252 g/mol. The second-order valence-electron chi connectivity index (χ2n) is 4.57. The van der Waals surface area contributed by atoms with Crippen molar-refractivity contribution in [2.75, 3.05) is 17.2 Å². The van der Waals surface area contributed by atoms with Crippen LogP contribution < -0.4 is 10.6 Å². The Morgan fingerprint density at radius 3 is 2.70 bits per heavy atom. The number of aryl methyl sites for hydroxylation is 2. The van der Waals surface area contributed by atoms with Crippen molar-refractivity contribution in [3.05, 3.63) is 47.4 Å². The second kappa shape index (κ2) is 6.14. The zero-order valence-corrected chi connectivity index (χ0v) is 11.9. The number of hydrogen-bond donors (Lipinski definition) is 2. The SMILES string of the molecule is CCNc1cncc(C(=O)Nc2ccc(C)c(C)c2)n1. The molecule has 1 amide bonds. The number of hydrogen-bond acceptors (Lipinski definition) is 4. The number of amides is 1. The van der Waals surface area contributed by atoms with E-state index in [9.17, 15) is 4.79 Å². The Kier molecular flexibility index (Phi) is 4.30. The lowest BCUT2D eigenvalue weighted by Gasteiger charge is -2.08. The molecule has 20 heavy (non-hydrogen) atoms. The summed E-state index contributed by atoms with van der Waals surface area (Å²) in [5.74, 6) is 0.334. The molecule has 0 saturated carbocycles. The van der Waals surface area contributed by atoms with Gasteiger partial charge in [0.25, 0.3) is 5.91 Å². The van der Waals surface area contributed by atoms with Crippen LogP contribution in [0.25, 0.3) is 0 Å². The summed E-state index contributed by atoms with van der Waals surface area (Å²) in [5, 5.41) is 5.86. The summed E-state index contributed by atoms with van der Waals surface area (Å²) in [6, 6.07) is 5.79. The van der Waals surface area contributed by atoms with Gasteiger partial charge in [0.05, 0.1) is 12.4 Å². The molecule has 104 valence electrons. The van der Waals surface area contributed by atoms with Gasteiger partial charge in [0.2, 0.25) is 0 Å². The summed E-state index contributed by atoms with van der Waals surface area (Å²) in [7, 11) is 0. The van der Waals surface area contributed by atoms with E-state index in [2.05, 4.69) is 20.6 Å². The number of carbonyl (C=O) groups is 1. The largest absolute Gasteiger partial charge is 0.369 e. The van der Waals surface area contributed by atoms with Crippen LogP contribution in [0.15, 0.2) is 30.6 Å². The van der Waals surface area contributed by atoms with Gasteiger partial charge in [0, 0.05) is 12.2 Å². The van der Waals surface area contributed by atoms with Gasteiger partial charge in [0.15, 0.2) is 0 Å². The Balaban J connectivity index is 2.15. The molecule has 2 aromatic rings. The van der Waals surface area contributed by atoms with E-state index in [0.29, 0.717) is 11.5 Å². The number of rotatable bonds is 4. The first-order chi connectivity index (χ1) is 9.60. The Morgan fingerprint density at radius 2 is 2.00 bits per heavy atom. The van der Waals surface area contributed by atoms with E-state index in [4.69, 9.17) is 0 Å². The van der Waals surface area contributed by atoms with E-state index in [1.54, 1.807) is 6.20 Å². The van der Waals surface area contributed by atoms with Gasteiger partial charge in [0.1, 0.15) is 11.5 Å². The number of nitrogens with zero attached hydrogens (tertiary/aromatic N) is 2. The molecule has 5 nitrogen and oxygen atoms in total. The van der Waals surface area contributed by atoms with E-state index in [-0.39, 0.29) is 5.91 Å². The van der Waals surface area contributed by atoms with Gasteiger partial charge in [-0.05, 0) is 44.0 Å². The maximum Gasteiger partial charge on any atom is 0.275 e. The molecule has 1 aromatic heterocycles. The van der Waals surface area contributed by atoms with Crippen molar-refractivity contribution in [2.24, 2.45) is 0 Å². The molecule has 1 aromatic carbocycles. The molecule has 0 aliphatic rings. The molecule has 0 unspecified atom stereocenters. The molecule has 0 saturated heterocycles. The van der Waals surface area contributed by atoms with Crippen molar-refractivity contribution in [1.82, 2.24) is 9.97 Å². The lowest BCUT2D eigenvalue weighted by atomic mass is 10.1. The van der Waals surface area contributed by atoms with Gasteiger partial charge in [-0.15, -0.1) is 0 Å². The van der Waals surface area contributed by atoms with Crippen LogP contribution in [0.3, 0.4) is 0 Å². The number of aromatic nitrogens is 2. The minimum Gasteiger partial charge on any atom is -0.369 e. The average molecular weight is 270 g/mol. The summed E-state index contributed by atoms with van der Waals surface area (Å²) in [5.41, 5.74) is 3.38. The molecule has 0 atom stereocenters. The first-order valence-electron chi connectivity index (χ1n) is 6.54. The molecule has 0 fully saturated rings. The molecule has 0 radical (unpaired) electrons. The Labute approximate surface area is 118 Å². The zero-order valence-electron chi connectivity index (χ0n) is 11.9. The van der Waals surface area contributed by atoms with Gasteiger partial charge < -0.3 is 10.6 Å². The van der Waals surface area contributed by atoms with Gasteiger partial charge in [-0.2, -0.15) is 0 Å². The van der Waals surface area contributed by atoms with Crippen LogP contribution in [-0.4, -0.2) is 22.4 Å².